The van der Waals surface area contributed by atoms with E-state index in [2.05, 4.69) is 20.4 Å². The lowest BCUT2D eigenvalue weighted by atomic mass is 10.1. The average molecular weight is 433 g/mol. The maximum atomic E-state index is 13.9. The average Bonchev–Trinajstić information content (AvgIpc) is 2.98. The van der Waals surface area contributed by atoms with Crippen molar-refractivity contribution in [2.45, 2.75) is 30.2 Å². The third-order valence-electron chi connectivity index (χ3n) is 5.18. The number of fused-ring (bicyclic) bond motifs is 1. The molecule has 0 spiro atoms. The Kier molecular flexibility index (Phi) is 5.59. The van der Waals surface area contributed by atoms with Crippen molar-refractivity contribution in [2.75, 3.05) is 29.6 Å². The molecule has 0 radical (unpaired) electrons. The van der Waals surface area contributed by atoms with Gasteiger partial charge in [-0.1, -0.05) is 0 Å². The number of aryl methyl sites for hydroxylation is 1. The van der Waals surface area contributed by atoms with Crippen LogP contribution in [0, 0.1) is 0 Å². The summed E-state index contributed by atoms with van der Waals surface area (Å²) in [6, 6.07) is 5.21. The van der Waals surface area contributed by atoms with E-state index in [0.29, 0.717) is 41.1 Å². The van der Waals surface area contributed by atoms with E-state index in [4.69, 9.17) is 0 Å². The van der Waals surface area contributed by atoms with Crippen LogP contribution in [0.25, 0.3) is 11.0 Å². The smallest absolute Gasteiger partial charge is 0.259 e. The highest BCUT2D eigenvalue weighted by molar-refractivity contribution is 7.98. The molecule has 3 aromatic heterocycles. The van der Waals surface area contributed by atoms with Gasteiger partial charge in [0.25, 0.3) is 5.91 Å². The summed E-state index contributed by atoms with van der Waals surface area (Å²) in [4.78, 5) is 23.8. The number of rotatable bonds is 4. The summed E-state index contributed by atoms with van der Waals surface area (Å²) in [5.74, 6) is -2.64. The van der Waals surface area contributed by atoms with Crippen molar-refractivity contribution in [2.24, 2.45) is 7.05 Å². The van der Waals surface area contributed by atoms with Crippen molar-refractivity contribution in [3.8, 4) is 0 Å². The molecule has 0 aliphatic carbocycles. The van der Waals surface area contributed by atoms with Crippen LogP contribution in [-0.4, -0.2) is 50.9 Å². The Bertz CT molecular complexity index is 1090. The fraction of sp³-hybridized carbons (Fsp3) is 0.400. The number of aromatic nitrogens is 4. The van der Waals surface area contributed by atoms with Gasteiger partial charge in [0.15, 0.2) is 0 Å². The van der Waals surface area contributed by atoms with E-state index in [-0.39, 0.29) is 25.3 Å². The second kappa shape index (κ2) is 8.17. The number of carbonyl (C=O) groups excluding carboxylic acids is 1. The molecule has 0 bridgehead atoms. The van der Waals surface area contributed by atoms with Gasteiger partial charge in [0.05, 0.1) is 22.3 Å². The highest BCUT2D eigenvalue weighted by Crippen LogP contribution is 2.32. The summed E-state index contributed by atoms with van der Waals surface area (Å²) in [6.45, 7) is 0.554. The number of pyridine rings is 2. The van der Waals surface area contributed by atoms with Crippen LogP contribution in [0.2, 0.25) is 0 Å². The van der Waals surface area contributed by atoms with Gasteiger partial charge in [0, 0.05) is 44.9 Å². The van der Waals surface area contributed by atoms with Crippen molar-refractivity contribution in [3.05, 3.63) is 36.2 Å². The summed E-state index contributed by atoms with van der Waals surface area (Å²) >= 11 is 1.47. The van der Waals surface area contributed by atoms with Gasteiger partial charge < -0.3 is 10.2 Å². The first-order valence-corrected chi connectivity index (χ1v) is 10.9. The standard InChI is InChI=1S/C20H22F2N6OS/c1-27-16-11-14(19(29)25-13-4-7-23-17(10-13)30-2)18(26-15(16)12-24-27)28-8-3-5-20(21,22)6-9-28/h4,7,10-12H,3,5-6,8-9H2,1-2H3,(H,23,25,29). The molecule has 1 aliphatic rings. The lowest BCUT2D eigenvalue weighted by molar-refractivity contribution is -0.0102. The maximum Gasteiger partial charge on any atom is 0.259 e. The highest BCUT2D eigenvalue weighted by Gasteiger charge is 2.33. The van der Waals surface area contributed by atoms with Crippen LogP contribution in [-0.2, 0) is 7.05 Å². The van der Waals surface area contributed by atoms with Crippen molar-refractivity contribution >= 4 is 40.2 Å². The Morgan fingerprint density at radius 1 is 1.27 bits per heavy atom. The molecule has 1 aliphatic heterocycles. The van der Waals surface area contributed by atoms with Crippen molar-refractivity contribution in [1.29, 1.82) is 0 Å². The minimum Gasteiger partial charge on any atom is -0.356 e. The largest absolute Gasteiger partial charge is 0.356 e. The molecule has 0 atom stereocenters. The zero-order chi connectivity index (χ0) is 21.3. The molecule has 4 heterocycles. The van der Waals surface area contributed by atoms with Gasteiger partial charge >= 0.3 is 0 Å². The molecule has 0 saturated carbocycles. The predicted octanol–water partition coefficient (Wildman–Crippen LogP) is 3.96. The number of alkyl halides is 2. The molecule has 0 unspecified atom stereocenters. The number of carbonyl (C=O) groups is 1. The fourth-order valence-corrected chi connectivity index (χ4v) is 3.96. The maximum absolute atomic E-state index is 13.9. The van der Waals surface area contributed by atoms with Crippen molar-refractivity contribution in [3.63, 3.8) is 0 Å². The van der Waals surface area contributed by atoms with Gasteiger partial charge in [0.1, 0.15) is 11.3 Å². The third kappa shape index (κ3) is 4.23. The third-order valence-corrected chi connectivity index (χ3v) is 5.82. The Hall–Kier alpha value is -2.75. The molecule has 10 heteroatoms. The number of nitrogens with one attached hydrogen (secondary N) is 1. The summed E-state index contributed by atoms with van der Waals surface area (Å²) in [5, 5.41) is 7.87. The number of hydrogen-bond acceptors (Lipinski definition) is 6. The molecule has 1 amide bonds. The minimum atomic E-state index is -2.69. The predicted molar refractivity (Wildman–Crippen MR) is 113 cm³/mol. The van der Waals surface area contributed by atoms with Crippen LogP contribution in [0.4, 0.5) is 20.3 Å². The zero-order valence-corrected chi connectivity index (χ0v) is 17.5. The van der Waals surface area contributed by atoms with Crippen LogP contribution >= 0.6 is 11.8 Å². The van der Waals surface area contributed by atoms with E-state index < -0.39 is 5.92 Å². The molecule has 1 fully saturated rings. The molecular weight excluding hydrogens is 410 g/mol. The SMILES string of the molecule is CSc1cc(NC(=O)c2cc3c(cnn3C)nc2N2CCCC(F)(F)CC2)ccn1. The molecule has 4 rings (SSSR count). The Morgan fingerprint density at radius 3 is 2.90 bits per heavy atom. The normalized spacial score (nSPS) is 16.5. The van der Waals surface area contributed by atoms with Crippen LogP contribution in [0.5, 0.6) is 0 Å². The van der Waals surface area contributed by atoms with E-state index in [9.17, 15) is 13.6 Å². The Morgan fingerprint density at radius 2 is 2.10 bits per heavy atom. The fourth-order valence-electron chi connectivity index (χ4n) is 3.55. The van der Waals surface area contributed by atoms with Crippen LogP contribution in [0.15, 0.2) is 35.6 Å². The highest BCUT2D eigenvalue weighted by atomic mass is 32.2. The second-order valence-electron chi connectivity index (χ2n) is 7.27. The van der Waals surface area contributed by atoms with Gasteiger partial charge in [-0.3, -0.25) is 9.48 Å². The van der Waals surface area contributed by atoms with Crippen molar-refractivity contribution in [1.82, 2.24) is 19.7 Å². The van der Waals surface area contributed by atoms with Gasteiger partial charge in [-0.2, -0.15) is 5.10 Å². The molecule has 7 nitrogen and oxygen atoms in total. The van der Waals surface area contributed by atoms with Gasteiger partial charge in [0.2, 0.25) is 5.92 Å². The molecule has 30 heavy (non-hydrogen) atoms. The van der Waals surface area contributed by atoms with Gasteiger partial charge in [-0.15, -0.1) is 11.8 Å². The molecule has 1 saturated heterocycles. The number of halogens is 2. The van der Waals surface area contributed by atoms with E-state index in [1.807, 2.05) is 6.26 Å². The second-order valence-corrected chi connectivity index (χ2v) is 8.10. The first-order chi connectivity index (χ1) is 14.4. The molecule has 1 N–H and O–H groups in total. The van der Waals surface area contributed by atoms with Gasteiger partial charge in [-0.05, 0) is 30.9 Å². The monoisotopic (exact) mass is 432 g/mol. The number of hydrogen-bond donors (Lipinski definition) is 1. The summed E-state index contributed by atoms with van der Waals surface area (Å²) in [5.41, 5.74) is 2.26. The summed E-state index contributed by atoms with van der Waals surface area (Å²) in [6.07, 6.45) is 5.06. The van der Waals surface area contributed by atoms with Crippen molar-refractivity contribution < 1.29 is 13.6 Å². The van der Waals surface area contributed by atoms with E-state index in [1.165, 1.54) is 11.8 Å². The number of amides is 1. The summed E-state index contributed by atoms with van der Waals surface area (Å²) in [7, 11) is 1.77. The summed E-state index contributed by atoms with van der Waals surface area (Å²) < 4.78 is 29.4. The first kappa shape index (κ1) is 20.5. The van der Waals surface area contributed by atoms with Gasteiger partial charge in [-0.25, -0.2) is 18.7 Å². The molecular formula is C20H22F2N6OS. The van der Waals surface area contributed by atoms with E-state index in [1.54, 1.807) is 47.2 Å². The topological polar surface area (TPSA) is 75.9 Å². The minimum absolute atomic E-state index is 0.137. The Balaban J connectivity index is 1.72. The van der Waals surface area contributed by atoms with E-state index >= 15 is 0 Å². The molecule has 0 aromatic carbocycles. The first-order valence-electron chi connectivity index (χ1n) is 9.63. The van der Waals surface area contributed by atoms with Crippen LogP contribution < -0.4 is 10.2 Å². The lowest BCUT2D eigenvalue weighted by Gasteiger charge is -2.24. The van der Waals surface area contributed by atoms with E-state index in [0.717, 1.165) is 5.03 Å². The zero-order valence-electron chi connectivity index (χ0n) is 16.7. The Labute approximate surface area is 176 Å². The molecule has 3 aromatic rings. The van der Waals surface area contributed by atoms with Crippen LogP contribution in [0.1, 0.15) is 29.6 Å². The number of thioether (sulfide) groups is 1. The quantitative estimate of drug-likeness (QED) is 0.629. The number of nitrogens with zero attached hydrogens (tertiary/aromatic N) is 5. The number of anilines is 2. The lowest BCUT2D eigenvalue weighted by Crippen LogP contribution is -2.29. The molecule has 158 valence electrons. The van der Waals surface area contributed by atoms with Crippen LogP contribution in [0.3, 0.4) is 0 Å².